The van der Waals surface area contributed by atoms with E-state index in [1.54, 1.807) is 13.0 Å². The average Bonchev–Trinajstić information content (AvgIpc) is 3.07. The molecule has 188 valence electrons. The molecule has 9 nitrogen and oxygen atoms in total. The second kappa shape index (κ2) is 7.62. The molecule has 0 unspecified atom stereocenters. The number of halogens is 2. The maximum Gasteiger partial charge on any atom is 0.231 e. The van der Waals surface area contributed by atoms with E-state index in [1.807, 2.05) is 18.2 Å². The number of aryl methyl sites for hydroxylation is 1. The van der Waals surface area contributed by atoms with E-state index < -0.39 is 9.84 Å². The van der Waals surface area contributed by atoms with Crippen LogP contribution in [-0.2, 0) is 22.9 Å². The predicted octanol–water partition coefficient (Wildman–Crippen LogP) is 2.20. The second-order valence-corrected chi connectivity index (χ2v) is 13.2. The van der Waals surface area contributed by atoms with E-state index in [0.29, 0.717) is 23.8 Å². The molecule has 4 aliphatic rings. The number of hydrogen-bond donors (Lipinski definition) is 0. The molecule has 1 spiro atoms. The summed E-state index contributed by atoms with van der Waals surface area (Å²) in [6.45, 7) is 6.29. The van der Waals surface area contributed by atoms with Gasteiger partial charge in [0.15, 0.2) is 15.7 Å². The first-order valence-electron chi connectivity index (χ1n) is 12.0. The molecular weight excluding hydrogens is 505 g/mol. The van der Waals surface area contributed by atoms with Crippen LogP contribution in [0.15, 0.2) is 30.3 Å². The van der Waals surface area contributed by atoms with Gasteiger partial charge in [-0.25, -0.2) is 17.8 Å². The molecule has 4 aliphatic heterocycles. The molecule has 0 bridgehead atoms. The highest BCUT2D eigenvalue weighted by atomic mass is 35.5. The summed E-state index contributed by atoms with van der Waals surface area (Å²) in [5.41, 5.74) is 2.61. The van der Waals surface area contributed by atoms with Gasteiger partial charge in [-0.1, -0.05) is 11.6 Å². The van der Waals surface area contributed by atoms with E-state index in [4.69, 9.17) is 11.6 Å². The third-order valence-electron chi connectivity index (χ3n) is 7.84. The molecule has 0 aliphatic carbocycles. The van der Waals surface area contributed by atoms with Crippen LogP contribution in [0, 0.1) is 18.2 Å². The van der Waals surface area contributed by atoms with Gasteiger partial charge in [0, 0.05) is 49.2 Å². The zero-order chi connectivity index (χ0) is 24.8. The van der Waals surface area contributed by atoms with Gasteiger partial charge in [-0.15, -0.1) is 10.2 Å². The number of anilines is 2. The van der Waals surface area contributed by atoms with Crippen molar-refractivity contribution >= 4 is 33.2 Å². The van der Waals surface area contributed by atoms with Crippen molar-refractivity contribution in [3.63, 3.8) is 0 Å². The Hall–Kier alpha value is -2.76. The summed E-state index contributed by atoms with van der Waals surface area (Å²) in [6.07, 6.45) is 0. The van der Waals surface area contributed by atoms with E-state index in [2.05, 4.69) is 34.4 Å². The Labute approximate surface area is 213 Å². The largest absolute Gasteiger partial charge is 0.355 e. The Balaban J connectivity index is 1.13. The Bertz CT molecular complexity index is 1480. The van der Waals surface area contributed by atoms with Crippen molar-refractivity contribution < 1.29 is 12.8 Å². The summed E-state index contributed by atoms with van der Waals surface area (Å²) in [5.74, 6) is 2.50. The number of fused-ring (bicyclic) bond motifs is 3. The Kier molecular flexibility index (Phi) is 4.75. The lowest BCUT2D eigenvalue weighted by molar-refractivity contribution is 0.153. The van der Waals surface area contributed by atoms with Crippen LogP contribution in [0.25, 0.3) is 5.69 Å². The number of pyridine rings is 1. The van der Waals surface area contributed by atoms with Crippen LogP contribution < -0.4 is 9.80 Å². The molecular formula is C24H25ClFN7O2S. The van der Waals surface area contributed by atoms with E-state index >= 15 is 0 Å². The molecule has 36 heavy (non-hydrogen) atoms. The third kappa shape index (κ3) is 3.51. The number of aromatic nitrogens is 4. The van der Waals surface area contributed by atoms with Crippen LogP contribution in [0.4, 0.5) is 16.2 Å². The fourth-order valence-electron chi connectivity index (χ4n) is 5.96. The molecule has 0 saturated carbocycles. The average molecular weight is 530 g/mol. The third-order valence-corrected chi connectivity index (χ3v) is 9.86. The van der Waals surface area contributed by atoms with Crippen molar-refractivity contribution in [2.45, 2.75) is 26.1 Å². The van der Waals surface area contributed by atoms with Crippen LogP contribution in [-0.4, -0.2) is 76.8 Å². The summed E-state index contributed by atoms with van der Waals surface area (Å²) in [4.78, 5) is 11.0. The SMILES string of the molecule is Cc1nc(N2CC3(C2)CN(c2nnc4n2-c2ccc(Cl)cc2CN(C2CS(=O)(=O)C2)C4)C3)ccc1F. The summed E-state index contributed by atoms with van der Waals surface area (Å²) in [6, 6.07) is 9.02. The van der Waals surface area contributed by atoms with Gasteiger partial charge >= 0.3 is 0 Å². The smallest absolute Gasteiger partial charge is 0.231 e. The summed E-state index contributed by atoms with van der Waals surface area (Å²) in [5, 5.41) is 9.74. The minimum atomic E-state index is -2.94. The van der Waals surface area contributed by atoms with Crippen molar-refractivity contribution in [1.82, 2.24) is 24.6 Å². The fourth-order valence-corrected chi connectivity index (χ4v) is 7.65. The van der Waals surface area contributed by atoms with Crippen LogP contribution in [0.2, 0.25) is 5.02 Å². The van der Waals surface area contributed by atoms with Crippen LogP contribution in [0.3, 0.4) is 0 Å². The highest BCUT2D eigenvalue weighted by molar-refractivity contribution is 7.92. The Morgan fingerprint density at radius 3 is 2.50 bits per heavy atom. The molecule has 12 heteroatoms. The lowest BCUT2D eigenvalue weighted by Gasteiger charge is -2.60. The van der Waals surface area contributed by atoms with Crippen LogP contribution in [0.1, 0.15) is 17.1 Å². The standard InChI is InChI=1S/C24H25ClFN7O2S/c1-15-19(26)3-5-21(27-15)31-11-24(12-31)13-32(14-24)23-29-28-22-8-30(18-9-36(34,35)10-18)7-16-6-17(25)2-4-20(16)33(22)23/h2-6,18H,7-14H2,1H3. The maximum absolute atomic E-state index is 13.6. The topological polar surface area (TPSA) is 87.5 Å². The number of hydrogen-bond acceptors (Lipinski definition) is 8. The van der Waals surface area contributed by atoms with Crippen LogP contribution in [0.5, 0.6) is 0 Å². The molecule has 2 aromatic heterocycles. The number of sulfone groups is 1. The van der Waals surface area contributed by atoms with Gasteiger partial charge in [-0.2, -0.15) is 0 Å². The molecule has 0 radical (unpaired) electrons. The zero-order valence-electron chi connectivity index (χ0n) is 19.7. The Morgan fingerprint density at radius 1 is 1.03 bits per heavy atom. The molecule has 7 rings (SSSR count). The summed E-state index contributed by atoms with van der Waals surface area (Å²) < 4.78 is 39.4. The first-order valence-corrected chi connectivity index (χ1v) is 14.2. The van der Waals surface area contributed by atoms with Gasteiger partial charge in [-0.05, 0) is 42.8 Å². The van der Waals surface area contributed by atoms with Gasteiger partial charge < -0.3 is 9.80 Å². The molecule has 6 heterocycles. The molecule has 3 fully saturated rings. The zero-order valence-corrected chi connectivity index (χ0v) is 21.3. The minimum absolute atomic E-state index is 0.0227. The highest BCUT2D eigenvalue weighted by Crippen LogP contribution is 2.44. The van der Waals surface area contributed by atoms with Crippen molar-refractivity contribution in [3.05, 3.63) is 58.3 Å². The molecule has 1 aromatic carbocycles. The summed E-state index contributed by atoms with van der Waals surface area (Å²) >= 11 is 6.34. The van der Waals surface area contributed by atoms with Crippen molar-refractivity contribution in [3.8, 4) is 5.69 Å². The van der Waals surface area contributed by atoms with Crippen LogP contribution >= 0.6 is 11.6 Å². The van der Waals surface area contributed by atoms with Crippen molar-refractivity contribution in [2.75, 3.05) is 47.5 Å². The van der Waals surface area contributed by atoms with Gasteiger partial charge in [0.2, 0.25) is 5.95 Å². The number of nitrogens with zero attached hydrogens (tertiary/aromatic N) is 7. The molecule has 3 saturated heterocycles. The van der Waals surface area contributed by atoms with Gasteiger partial charge in [-0.3, -0.25) is 9.47 Å². The first-order chi connectivity index (χ1) is 17.2. The molecule has 0 N–H and O–H groups in total. The highest BCUT2D eigenvalue weighted by Gasteiger charge is 2.53. The van der Waals surface area contributed by atoms with Crippen molar-refractivity contribution in [1.29, 1.82) is 0 Å². The molecule has 3 aromatic rings. The molecule has 0 atom stereocenters. The first kappa shape index (κ1) is 22.4. The lowest BCUT2D eigenvalue weighted by Crippen LogP contribution is -2.73. The monoisotopic (exact) mass is 529 g/mol. The fraction of sp³-hybridized carbons (Fsp3) is 0.458. The number of benzene rings is 1. The normalized spacial score (nSPS) is 22.3. The van der Waals surface area contributed by atoms with E-state index in [9.17, 15) is 12.8 Å². The summed E-state index contributed by atoms with van der Waals surface area (Å²) in [7, 11) is -2.94. The van der Waals surface area contributed by atoms with Gasteiger partial charge in [0.1, 0.15) is 11.6 Å². The maximum atomic E-state index is 13.6. The van der Waals surface area contributed by atoms with E-state index in [1.165, 1.54) is 6.07 Å². The van der Waals surface area contributed by atoms with E-state index in [-0.39, 0.29) is 28.8 Å². The van der Waals surface area contributed by atoms with Crippen molar-refractivity contribution in [2.24, 2.45) is 5.41 Å². The second-order valence-electron chi connectivity index (χ2n) is 10.6. The predicted molar refractivity (Wildman–Crippen MR) is 134 cm³/mol. The van der Waals surface area contributed by atoms with E-state index in [0.717, 1.165) is 55.0 Å². The number of rotatable bonds is 3. The quantitative estimate of drug-likeness (QED) is 0.510. The Morgan fingerprint density at radius 2 is 1.78 bits per heavy atom. The minimum Gasteiger partial charge on any atom is -0.355 e. The molecule has 0 amide bonds. The van der Waals surface area contributed by atoms with Gasteiger partial charge in [0.05, 0.1) is 29.4 Å². The van der Waals surface area contributed by atoms with Gasteiger partial charge in [0.25, 0.3) is 0 Å². The lowest BCUT2D eigenvalue weighted by atomic mass is 9.73.